The number of aliphatic hydroxyl groups is 4. The second kappa shape index (κ2) is 12.2. The summed E-state index contributed by atoms with van der Waals surface area (Å²) in [5, 5.41) is 42.4. The fraction of sp³-hybridized carbons (Fsp3) is 0.500. The lowest BCUT2D eigenvalue weighted by molar-refractivity contribution is -0.302. The number of allylic oxidation sites excluding steroid dienone is 2. The SMILES string of the molecule is COC(=O)C1=C(C)NC(C)=C(C(=O)OCCO[C@H]2O[C@H](CO)[C@@H](O)[C@H](O)[C@H]2O)C1c1ccccc1Cl. The Hall–Kier alpha value is -2.51. The molecule has 1 aromatic rings. The van der Waals surface area contributed by atoms with Crippen molar-refractivity contribution in [2.45, 2.75) is 50.5 Å². The quantitative estimate of drug-likeness (QED) is 0.230. The van der Waals surface area contributed by atoms with Crippen molar-refractivity contribution >= 4 is 23.5 Å². The second-order valence-corrected chi connectivity index (χ2v) is 8.76. The van der Waals surface area contributed by atoms with E-state index in [0.717, 1.165) is 0 Å². The average molecular weight is 528 g/mol. The van der Waals surface area contributed by atoms with Gasteiger partial charge in [-0.15, -0.1) is 0 Å². The highest BCUT2D eigenvalue weighted by atomic mass is 35.5. The molecule has 2 aliphatic rings. The van der Waals surface area contributed by atoms with Crippen LogP contribution in [0.4, 0.5) is 0 Å². The van der Waals surface area contributed by atoms with Crippen molar-refractivity contribution in [3.8, 4) is 0 Å². The van der Waals surface area contributed by atoms with Gasteiger partial charge in [0.15, 0.2) is 6.29 Å². The van der Waals surface area contributed by atoms with Gasteiger partial charge in [-0.1, -0.05) is 29.8 Å². The van der Waals surface area contributed by atoms with Gasteiger partial charge in [0, 0.05) is 16.4 Å². The number of ether oxygens (including phenoxy) is 4. The average Bonchev–Trinajstić information content (AvgIpc) is 2.85. The Labute approximate surface area is 212 Å². The molecule has 1 fully saturated rings. The number of nitrogens with one attached hydrogen (secondary N) is 1. The molecule has 0 aromatic heterocycles. The first-order chi connectivity index (χ1) is 17.1. The molecule has 2 heterocycles. The number of halogens is 1. The summed E-state index contributed by atoms with van der Waals surface area (Å²) in [4.78, 5) is 25.9. The van der Waals surface area contributed by atoms with E-state index in [4.69, 9.17) is 30.5 Å². The topological polar surface area (TPSA) is 164 Å². The molecule has 0 amide bonds. The van der Waals surface area contributed by atoms with Gasteiger partial charge in [-0.3, -0.25) is 0 Å². The van der Waals surface area contributed by atoms with Crippen molar-refractivity contribution in [1.29, 1.82) is 0 Å². The van der Waals surface area contributed by atoms with Crippen molar-refractivity contribution < 1.29 is 49.0 Å². The lowest BCUT2D eigenvalue weighted by atomic mass is 9.80. The first kappa shape index (κ1) is 28.1. The van der Waals surface area contributed by atoms with E-state index in [1.54, 1.807) is 38.1 Å². The van der Waals surface area contributed by atoms with Crippen LogP contribution in [-0.4, -0.2) is 90.0 Å². The fourth-order valence-electron chi connectivity index (χ4n) is 4.25. The van der Waals surface area contributed by atoms with E-state index in [2.05, 4.69) is 5.32 Å². The van der Waals surface area contributed by atoms with Crippen LogP contribution in [0, 0.1) is 0 Å². The summed E-state index contributed by atoms with van der Waals surface area (Å²) in [5.41, 5.74) is 1.85. The van der Waals surface area contributed by atoms with Crippen LogP contribution in [0.3, 0.4) is 0 Å². The molecule has 2 aliphatic heterocycles. The summed E-state index contributed by atoms with van der Waals surface area (Å²) >= 11 is 6.42. The third kappa shape index (κ3) is 5.73. The molecule has 6 atom stereocenters. The number of aliphatic hydroxyl groups excluding tert-OH is 4. The third-order valence-electron chi connectivity index (χ3n) is 6.05. The molecule has 12 heteroatoms. The van der Waals surface area contributed by atoms with Gasteiger partial charge in [-0.05, 0) is 25.5 Å². The number of esters is 2. The Morgan fingerprint density at radius 2 is 1.64 bits per heavy atom. The maximum atomic E-state index is 13.2. The summed E-state index contributed by atoms with van der Waals surface area (Å²) in [6.45, 7) is 2.26. The van der Waals surface area contributed by atoms with Gasteiger partial charge in [0.25, 0.3) is 0 Å². The standard InChI is InChI=1S/C24H30ClNO10/c1-11-16(22(31)33-3)18(13-6-4-5-7-14(13)25)17(12(2)26-11)23(32)34-8-9-35-24-21(30)20(29)19(28)15(10-27)36-24/h4-7,15,18-21,24,26-30H,8-10H2,1-3H3/t15-,18?,19-,20+,21-,24+/m1/s1. The van der Waals surface area contributed by atoms with Gasteiger partial charge in [0.05, 0.1) is 37.4 Å². The van der Waals surface area contributed by atoms with E-state index in [0.29, 0.717) is 22.0 Å². The minimum Gasteiger partial charge on any atom is -0.466 e. The predicted octanol–water partition coefficient (Wildman–Crippen LogP) is 0.108. The summed E-state index contributed by atoms with van der Waals surface area (Å²) < 4.78 is 21.0. The zero-order valence-electron chi connectivity index (χ0n) is 20.0. The van der Waals surface area contributed by atoms with Gasteiger partial charge in [0.1, 0.15) is 31.0 Å². The van der Waals surface area contributed by atoms with Crippen molar-refractivity contribution in [1.82, 2.24) is 5.32 Å². The van der Waals surface area contributed by atoms with Crippen LogP contribution in [0.15, 0.2) is 46.8 Å². The van der Waals surface area contributed by atoms with Gasteiger partial charge >= 0.3 is 11.9 Å². The molecule has 0 aliphatic carbocycles. The van der Waals surface area contributed by atoms with E-state index in [1.165, 1.54) is 7.11 Å². The van der Waals surface area contributed by atoms with Crippen LogP contribution in [-0.2, 0) is 28.5 Å². The Bertz CT molecular complexity index is 1040. The molecule has 1 aromatic carbocycles. The van der Waals surface area contributed by atoms with E-state index in [-0.39, 0.29) is 24.4 Å². The fourth-order valence-corrected chi connectivity index (χ4v) is 4.49. The number of carbonyl (C=O) groups excluding carboxylic acids is 2. The van der Waals surface area contributed by atoms with Crippen LogP contribution in [0.25, 0.3) is 0 Å². The van der Waals surface area contributed by atoms with Gasteiger partial charge in [0.2, 0.25) is 0 Å². The minimum atomic E-state index is -1.59. The maximum Gasteiger partial charge on any atom is 0.336 e. The summed E-state index contributed by atoms with van der Waals surface area (Å²) in [7, 11) is 1.24. The zero-order valence-corrected chi connectivity index (χ0v) is 20.8. The van der Waals surface area contributed by atoms with Gasteiger partial charge in [-0.25, -0.2) is 9.59 Å². The highest BCUT2D eigenvalue weighted by Crippen LogP contribution is 2.41. The number of hydrogen-bond donors (Lipinski definition) is 5. The van der Waals surface area contributed by atoms with Crippen molar-refractivity contribution in [2.75, 3.05) is 26.9 Å². The second-order valence-electron chi connectivity index (χ2n) is 8.35. The summed E-state index contributed by atoms with van der Waals surface area (Å²) in [5.74, 6) is -2.23. The van der Waals surface area contributed by atoms with Crippen molar-refractivity contribution in [3.05, 3.63) is 57.4 Å². The Kier molecular flexibility index (Phi) is 9.47. The molecule has 0 bridgehead atoms. The maximum absolute atomic E-state index is 13.2. The summed E-state index contributed by atoms with van der Waals surface area (Å²) in [6.07, 6.45) is -7.16. The Balaban J connectivity index is 1.74. The lowest BCUT2D eigenvalue weighted by Crippen LogP contribution is -2.59. The van der Waals surface area contributed by atoms with Crippen LogP contribution in [0.5, 0.6) is 0 Å². The molecule has 11 nitrogen and oxygen atoms in total. The molecule has 3 rings (SSSR count). The van der Waals surface area contributed by atoms with Crippen LogP contribution < -0.4 is 5.32 Å². The first-order valence-electron chi connectivity index (χ1n) is 11.2. The molecule has 1 unspecified atom stereocenters. The Morgan fingerprint density at radius 1 is 1.00 bits per heavy atom. The number of hydrogen-bond acceptors (Lipinski definition) is 11. The van der Waals surface area contributed by atoms with Crippen molar-refractivity contribution in [3.63, 3.8) is 0 Å². The lowest BCUT2D eigenvalue weighted by Gasteiger charge is -2.39. The molecule has 0 saturated carbocycles. The van der Waals surface area contributed by atoms with Crippen LogP contribution in [0.2, 0.25) is 5.02 Å². The number of benzene rings is 1. The molecule has 0 radical (unpaired) electrons. The van der Waals surface area contributed by atoms with Gasteiger partial charge < -0.3 is 44.7 Å². The van der Waals surface area contributed by atoms with E-state index in [1.807, 2.05) is 0 Å². The molecule has 0 spiro atoms. The number of rotatable bonds is 8. The van der Waals surface area contributed by atoms with Crippen LogP contribution >= 0.6 is 11.6 Å². The molecule has 36 heavy (non-hydrogen) atoms. The van der Waals surface area contributed by atoms with Crippen LogP contribution in [0.1, 0.15) is 25.3 Å². The molecule has 5 N–H and O–H groups in total. The van der Waals surface area contributed by atoms with Gasteiger partial charge in [-0.2, -0.15) is 0 Å². The molecular formula is C24H30ClNO10. The van der Waals surface area contributed by atoms with E-state index < -0.39 is 55.2 Å². The number of carbonyl (C=O) groups is 2. The normalized spacial score (nSPS) is 28.6. The highest BCUT2D eigenvalue weighted by Gasteiger charge is 2.44. The van der Waals surface area contributed by atoms with E-state index >= 15 is 0 Å². The van der Waals surface area contributed by atoms with E-state index in [9.17, 15) is 30.0 Å². The zero-order chi connectivity index (χ0) is 26.6. The third-order valence-corrected chi connectivity index (χ3v) is 6.39. The van der Waals surface area contributed by atoms with Crippen molar-refractivity contribution in [2.24, 2.45) is 0 Å². The molecule has 1 saturated heterocycles. The molecular weight excluding hydrogens is 498 g/mol. The summed E-state index contributed by atoms with van der Waals surface area (Å²) in [6, 6.07) is 6.82. The Morgan fingerprint density at radius 3 is 2.25 bits per heavy atom. The smallest absolute Gasteiger partial charge is 0.336 e. The number of methoxy groups -OCH3 is 1. The number of dihydropyridines is 1. The first-order valence-corrected chi connectivity index (χ1v) is 11.6. The minimum absolute atomic E-state index is 0.155. The highest BCUT2D eigenvalue weighted by molar-refractivity contribution is 6.31. The predicted molar refractivity (Wildman–Crippen MR) is 125 cm³/mol. The monoisotopic (exact) mass is 527 g/mol. The molecule has 198 valence electrons. The largest absolute Gasteiger partial charge is 0.466 e.